The van der Waals surface area contributed by atoms with Crippen molar-refractivity contribution in [2.24, 2.45) is 10.7 Å². The molecule has 0 aliphatic carbocycles. The normalized spacial score (nSPS) is 12.5. The third kappa shape index (κ3) is 4.82. The highest BCUT2D eigenvalue weighted by Crippen LogP contribution is 2.02. The van der Waals surface area contributed by atoms with Crippen molar-refractivity contribution in [3.63, 3.8) is 0 Å². The van der Waals surface area contributed by atoms with Gasteiger partial charge in [-0.2, -0.15) is 0 Å². The van der Waals surface area contributed by atoms with E-state index in [0.717, 1.165) is 31.5 Å². The Labute approximate surface area is 69.9 Å². The highest BCUT2D eigenvalue weighted by atomic mass is 14.9. The molecular weight excluding hydrogens is 136 g/mol. The standard InChI is InChI=1S/C9H20N2/c1-4-7-9(10)11-8(5-2)6-3/h8H,4-7H2,1-3H3,(H2,10,11). The molecule has 0 radical (unpaired) electrons. The van der Waals surface area contributed by atoms with Crippen LogP contribution in [0.25, 0.3) is 0 Å². The molecule has 0 aromatic heterocycles. The quantitative estimate of drug-likeness (QED) is 0.481. The number of amidine groups is 1. The molecule has 2 N–H and O–H groups in total. The van der Waals surface area contributed by atoms with Crippen LogP contribution in [-0.4, -0.2) is 11.9 Å². The van der Waals surface area contributed by atoms with Gasteiger partial charge in [0.2, 0.25) is 0 Å². The van der Waals surface area contributed by atoms with E-state index in [0.29, 0.717) is 6.04 Å². The van der Waals surface area contributed by atoms with Crippen LogP contribution in [0.15, 0.2) is 4.99 Å². The lowest BCUT2D eigenvalue weighted by Gasteiger charge is -2.07. The van der Waals surface area contributed by atoms with Crippen molar-refractivity contribution in [1.29, 1.82) is 0 Å². The van der Waals surface area contributed by atoms with Crippen LogP contribution in [0.3, 0.4) is 0 Å². The summed E-state index contributed by atoms with van der Waals surface area (Å²) in [4.78, 5) is 4.40. The molecule has 0 saturated heterocycles. The average molecular weight is 156 g/mol. The van der Waals surface area contributed by atoms with Crippen LogP contribution >= 0.6 is 0 Å². The predicted octanol–water partition coefficient (Wildman–Crippen LogP) is 2.33. The van der Waals surface area contributed by atoms with Gasteiger partial charge in [-0.3, -0.25) is 4.99 Å². The van der Waals surface area contributed by atoms with Crippen LogP contribution in [0.5, 0.6) is 0 Å². The fourth-order valence-corrected chi connectivity index (χ4v) is 1.03. The van der Waals surface area contributed by atoms with Crippen molar-refractivity contribution in [3.8, 4) is 0 Å². The highest BCUT2D eigenvalue weighted by Gasteiger charge is 2.00. The van der Waals surface area contributed by atoms with E-state index in [1.54, 1.807) is 0 Å². The van der Waals surface area contributed by atoms with Gasteiger partial charge in [0.1, 0.15) is 0 Å². The van der Waals surface area contributed by atoms with Crippen LogP contribution in [-0.2, 0) is 0 Å². The Morgan fingerprint density at radius 3 is 2.18 bits per heavy atom. The van der Waals surface area contributed by atoms with Gasteiger partial charge in [-0.05, 0) is 19.3 Å². The van der Waals surface area contributed by atoms with Gasteiger partial charge >= 0.3 is 0 Å². The Bertz CT molecular complexity index is 115. The second-order valence-corrected chi connectivity index (χ2v) is 2.84. The molecule has 0 amide bonds. The molecule has 2 nitrogen and oxygen atoms in total. The predicted molar refractivity (Wildman–Crippen MR) is 50.9 cm³/mol. The van der Waals surface area contributed by atoms with E-state index in [-0.39, 0.29) is 0 Å². The summed E-state index contributed by atoms with van der Waals surface area (Å²) in [6.45, 7) is 6.42. The minimum atomic E-state index is 0.446. The summed E-state index contributed by atoms with van der Waals surface area (Å²) in [5.41, 5.74) is 5.69. The number of hydrogen-bond donors (Lipinski definition) is 1. The first-order valence-corrected chi connectivity index (χ1v) is 4.56. The SMILES string of the molecule is CCCC(N)=NC(CC)CC. The molecule has 0 saturated carbocycles. The molecule has 0 aromatic carbocycles. The van der Waals surface area contributed by atoms with Crippen molar-refractivity contribution in [1.82, 2.24) is 0 Å². The Hall–Kier alpha value is -0.530. The largest absolute Gasteiger partial charge is 0.387 e. The van der Waals surface area contributed by atoms with Crippen LogP contribution in [0.1, 0.15) is 46.5 Å². The van der Waals surface area contributed by atoms with Crippen molar-refractivity contribution >= 4 is 5.84 Å². The molecule has 0 rings (SSSR count). The number of nitrogens with zero attached hydrogens (tertiary/aromatic N) is 1. The van der Waals surface area contributed by atoms with E-state index < -0.39 is 0 Å². The zero-order valence-corrected chi connectivity index (χ0v) is 7.93. The molecule has 0 unspecified atom stereocenters. The maximum absolute atomic E-state index is 5.69. The van der Waals surface area contributed by atoms with Crippen LogP contribution in [0, 0.1) is 0 Å². The maximum atomic E-state index is 5.69. The third-order valence-electron chi connectivity index (χ3n) is 1.80. The summed E-state index contributed by atoms with van der Waals surface area (Å²) < 4.78 is 0. The van der Waals surface area contributed by atoms with Crippen LogP contribution in [0.2, 0.25) is 0 Å². The fourth-order valence-electron chi connectivity index (χ4n) is 1.03. The molecular formula is C9H20N2. The molecule has 0 aliphatic heterocycles. The van der Waals surface area contributed by atoms with Gasteiger partial charge in [-0.25, -0.2) is 0 Å². The lowest BCUT2D eigenvalue weighted by atomic mass is 10.2. The number of hydrogen-bond acceptors (Lipinski definition) is 1. The topological polar surface area (TPSA) is 38.4 Å². The van der Waals surface area contributed by atoms with E-state index in [4.69, 9.17) is 5.73 Å². The first kappa shape index (κ1) is 10.5. The van der Waals surface area contributed by atoms with E-state index in [1.807, 2.05) is 0 Å². The van der Waals surface area contributed by atoms with Gasteiger partial charge in [0.15, 0.2) is 0 Å². The Kier molecular flexibility index (Phi) is 5.90. The Morgan fingerprint density at radius 2 is 1.82 bits per heavy atom. The van der Waals surface area contributed by atoms with Gasteiger partial charge in [0.25, 0.3) is 0 Å². The molecule has 0 fully saturated rings. The molecule has 0 aliphatic rings. The number of aliphatic imine (C=N–C) groups is 1. The molecule has 0 atom stereocenters. The van der Waals surface area contributed by atoms with Crippen molar-refractivity contribution < 1.29 is 0 Å². The molecule has 0 bridgehead atoms. The summed E-state index contributed by atoms with van der Waals surface area (Å²) in [7, 11) is 0. The van der Waals surface area contributed by atoms with Gasteiger partial charge in [-0.15, -0.1) is 0 Å². The first-order chi connectivity index (χ1) is 5.24. The summed E-state index contributed by atoms with van der Waals surface area (Å²) >= 11 is 0. The number of nitrogens with two attached hydrogens (primary N) is 1. The van der Waals surface area contributed by atoms with Gasteiger partial charge in [0, 0.05) is 6.42 Å². The summed E-state index contributed by atoms with van der Waals surface area (Å²) in [5.74, 6) is 0.821. The van der Waals surface area contributed by atoms with Crippen LogP contribution < -0.4 is 5.73 Å². The first-order valence-electron chi connectivity index (χ1n) is 4.56. The summed E-state index contributed by atoms with van der Waals surface area (Å²) in [6, 6.07) is 0.446. The minimum absolute atomic E-state index is 0.446. The highest BCUT2D eigenvalue weighted by molar-refractivity contribution is 5.80. The van der Waals surface area contributed by atoms with Crippen molar-refractivity contribution in [3.05, 3.63) is 0 Å². The lowest BCUT2D eigenvalue weighted by molar-refractivity contribution is 0.628. The smallest absolute Gasteiger partial charge is 0.0940 e. The zero-order valence-electron chi connectivity index (χ0n) is 7.93. The van der Waals surface area contributed by atoms with Gasteiger partial charge in [-0.1, -0.05) is 20.8 Å². The molecule has 11 heavy (non-hydrogen) atoms. The van der Waals surface area contributed by atoms with Gasteiger partial charge in [0.05, 0.1) is 11.9 Å². The molecule has 0 spiro atoms. The number of rotatable bonds is 5. The Balaban J connectivity index is 3.81. The minimum Gasteiger partial charge on any atom is -0.387 e. The summed E-state index contributed by atoms with van der Waals surface area (Å²) in [5, 5.41) is 0. The van der Waals surface area contributed by atoms with Crippen LogP contribution in [0.4, 0.5) is 0 Å². The molecule has 66 valence electrons. The van der Waals surface area contributed by atoms with E-state index in [1.165, 1.54) is 0 Å². The molecule has 0 aromatic rings. The van der Waals surface area contributed by atoms with E-state index in [2.05, 4.69) is 25.8 Å². The maximum Gasteiger partial charge on any atom is 0.0940 e. The molecule has 0 heterocycles. The van der Waals surface area contributed by atoms with Crippen molar-refractivity contribution in [2.75, 3.05) is 0 Å². The average Bonchev–Trinajstić information content (AvgIpc) is 2.01. The fraction of sp³-hybridized carbons (Fsp3) is 0.889. The second-order valence-electron chi connectivity index (χ2n) is 2.84. The summed E-state index contributed by atoms with van der Waals surface area (Å²) in [6.07, 6.45) is 4.23. The Morgan fingerprint density at radius 1 is 1.27 bits per heavy atom. The second kappa shape index (κ2) is 6.20. The van der Waals surface area contributed by atoms with E-state index in [9.17, 15) is 0 Å². The zero-order chi connectivity index (χ0) is 8.69. The lowest BCUT2D eigenvalue weighted by Crippen LogP contribution is -2.15. The monoisotopic (exact) mass is 156 g/mol. The third-order valence-corrected chi connectivity index (χ3v) is 1.80. The molecule has 2 heteroatoms. The van der Waals surface area contributed by atoms with Gasteiger partial charge < -0.3 is 5.73 Å². The van der Waals surface area contributed by atoms with Crippen molar-refractivity contribution in [2.45, 2.75) is 52.5 Å². The van der Waals surface area contributed by atoms with E-state index >= 15 is 0 Å².